The Kier molecular flexibility index (Phi) is 1.69. The Morgan fingerprint density at radius 3 is 2.64 bits per heavy atom. The van der Waals surface area contributed by atoms with Crippen LogP contribution >= 0.6 is 0 Å². The van der Waals surface area contributed by atoms with Crippen LogP contribution in [0.1, 0.15) is 25.7 Å². The van der Waals surface area contributed by atoms with Gasteiger partial charge >= 0.3 is 0 Å². The minimum Gasteiger partial charge on any atom is -0.394 e. The van der Waals surface area contributed by atoms with Gasteiger partial charge in [0.15, 0.2) is 0 Å². The summed E-state index contributed by atoms with van der Waals surface area (Å²) in [6, 6.07) is 0. The Morgan fingerprint density at radius 2 is 2.27 bits per heavy atom. The summed E-state index contributed by atoms with van der Waals surface area (Å²) < 4.78 is 0. The van der Waals surface area contributed by atoms with Gasteiger partial charge in [0.25, 0.3) is 0 Å². The molecule has 0 aromatic heterocycles. The van der Waals surface area contributed by atoms with E-state index in [-0.39, 0.29) is 5.54 Å². The first-order valence-corrected chi connectivity index (χ1v) is 4.62. The zero-order valence-electron chi connectivity index (χ0n) is 7.21. The number of aliphatic hydroxyl groups is 1. The van der Waals surface area contributed by atoms with Crippen LogP contribution in [0.15, 0.2) is 0 Å². The van der Waals surface area contributed by atoms with Gasteiger partial charge in [-0.25, -0.2) is 0 Å². The minimum absolute atomic E-state index is 0.194. The molecule has 1 aliphatic carbocycles. The molecular weight excluding hydrogens is 138 g/mol. The van der Waals surface area contributed by atoms with E-state index < -0.39 is 0 Å². The molecule has 1 atom stereocenters. The number of rotatable bonds is 2. The van der Waals surface area contributed by atoms with Gasteiger partial charge in [0, 0.05) is 5.54 Å². The third kappa shape index (κ3) is 1.00. The summed E-state index contributed by atoms with van der Waals surface area (Å²) >= 11 is 0. The summed E-state index contributed by atoms with van der Waals surface area (Å²) in [5, 5.41) is 9.36. The Morgan fingerprint density at radius 1 is 1.55 bits per heavy atom. The third-order valence-corrected chi connectivity index (χ3v) is 3.47. The summed E-state index contributed by atoms with van der Waals surface area (Å²) in [7, 11) is 2.15. The second-order valence-corrected chi connectivity index (χ2v) is 4.06. The molecule has 1 saturated carbocycles. The molecule has 2 fully saturated rings. The fourth-order valence-electron chi connectivity index (χ4n) is 2.50. The summed E-state index contributed by atoms with van der Waals surface area (Å²) in [6.45, 7) is 1.55. The van der Waals surface area contributed by atoms with E-state index in [9.17, 15) is 5.11 Å². The van der Waals surface area contributed by atoms with Gasteiger partial charge in [0.2, 0.25) is 0 Å². The highest BCUT2D eigenvalue weighted by Crippen LogP contribution is 2.47. The molecule has 0 spiro atoms. The predicted octanol–water partition coefficient (Wildman–Crippen LogP) is 0.853. The fourth-order valence-corrected chi connectivity index (χ4v) is 2.50. The van der Waals surface area contributed by atoms with E-state index in [0.717, 1.165) is 5.92 Å². The van der Waals surface area contributed by atoms with Crippen molar-refractivity contribution in [3.8, 4) is 0 Å². The maximum absolute atomic E-state index is 9.36. The van der Waals surface area contributed by atoms with Crippen LogP contribution in [0.4, 0.5) is 0 Å². The van der Waals surface area contributed by atoms with Crippen molar-refractivity contribution < 1.29 is 5.11 Å². The molecule has 0 amide bonds. The number of likely N-dealkylation sites (tertiary alicyclic amines) is 1. The Balaban J connectivity index is 2.13. The van der Waals surface area contributed by atoms with Crippen LogP contribution in [0.3, 0.4) is 0 Å². The maximum atomic E-state index is 9.36. The van der Waals surface area contributed by atoms with Crippen molar-refractivity contribution in [3.63, 3.8) is 0 Å². The van der Waals surface area contributed by atoms with Crippen molar-refractivity contribution in [1.82, 2.24) is 4.90 Å². The zero-order chi connectivity index (χ0) is 7.90. The van der Waals surface area contributed by atoms with Crippen LogP contribution in [0.25, 0.3) is 0 Å². The fraction of sp³-hybridized carbons (Fsp3) is 1.00. The van der Waals surface area contributed by atoms with E-state index in [0.29, 0.717) is 6.61 Å². The standard InChI is InChI=1S/C9H17NO/c1-10-6-2-5-9(10,7-11)8-3-4-8/h8,11H,2-7H2,1H3/t9-/m1/s1. The molecule has 0 aromatic rings. The van der Waals surface area contributed by atoms with Gasteiger partial charge in [-0.05, 0) is 45.2 Å². The van der Waals surface area contributed by atoms with E-state index >= 15 is 0 Å². The molecule has 2 nitrogen and oxygen atoms in total. The van der Waals surface area contributed by atoms with Gasteiger partial charge in [-0.15, -0.1) is 0 Å². The molecule has 64 valence electrons. The molecule has 0 aromatic carbocycles. The van der Waals surface area contributed by atoms with E-state index in [4.69, 9.17) is 0 Å². The summed E-state index contributed by atoms with van der Waals surface area (Å²) in [5.74, 6) is 0.806. The number of aliphatic hydroxyl groups excluding tert-OH is 1. The average molecular weight is 155 g/mol. The van der Waals surface area contributed by atoms with Gasteiger partial charge < -0.3 is 5.11 Å². The van der Waals surface area contributed by atoms with Crippen LogP contribution in [0.5, 0.6) is 0 Å². The topological polar surface area (TPSA) is 23.5 Å². The summed E-state index contributed by atoms with van der Waals surface area (Å²) in [5.41, 5.74) is 0.194. The van der Waals surface area contributed by atoms with Crippen molar-refractivity contribution in [1.29, 1.82) is 0 Å². The second kappa shape index (κ2) is 2.46. The van der Waals surface area contributed by atoms with Crippen LogP contribution in [0, 0.1) is 5.92 Å². The van der Waals surface area contributed by atoms with Gasteiger partial charge in [-0.1, -0.05) is 0 Å². The largest absolute Gasteiger partial charge is 0.394 e. The van der Waals surface area contributed by atoms with E-state index in [2.05, 4.69) is 11.9 Å². The molecule has 11 heavy (non-hydrogen) atoms. The van der Waals surface area contributed by atoms with Gasteiger partial charge in [0.05, 0.1) is 6.61 Å². The van der Waals surface area contributed by atoms with Crippen molar-refractivity contribution >= 4 is 0 Å². The van der Waals surface area contributed by atoms with Gasteiger partial charge in [-0.3, -0.25) is 4.90 Å². The Hall–Kier alpha value is -0.0800. The van der Waals surface area contributed by atoms with E-state index in [1.54, 1.807) is 0 Å². The van der Waals surface area contributed by atoms with Crippen molar-refractivity contribution in [2.24, 2.45) is 5.92 Å². The smallest absolute Gasteiger partial charge is 0.0618 e. The monoisotopic (exact) mass is 155 g/mol. The summed E-state index contributed by atoms with van der Waals surface area (Å²) in [6.07, 6.45) is 5.16. The lowest BCUT2D eigenvalue weighted by Crippen LogP contribution is -2.46. The highest BCUT2D eigenvalue weighted by Gasteiger charge is 2.49. The third-order valence-electron chi connectivity index (χ3n) is 3.47. The molecule has 1 heterocycles. The molecular formula is C9H17NO. The predicted molar refractivity (Wildman–Crippen MR) is 44.4 cm³/mol. The molecule has 2 aliphatic rings. The van der Waals surface area contributed by atoms with Crippen LogP contribution in [-0.4, -0.2) is 35.7 Å². The minimum atomic E-state index is 0.194. The number of likely N-dealkylation sites (N-methyl/N-ethyl adjacent to an activating group) is 1. The first-order chi connectivity index (χ1) is 5.29. The van der Waals surface area contributed by atoms with Crippen molar-refractivity contribution in [2.75, 3.05) is 20.2 Å². The molecule has 0 unspecified atom stereocenters. The SMILES string of the molecule is CN1CCC[C@@]1(CO)C1CC1. The lowest BCUT2D eigenvalue weighted by molar-refractivity contribution is 0.0645. The molecule has 0 bridgehead atoms. The first-order valence-electron chi connectivity index (χ1n) is 4.62. The molecule has 1 aliphatic heterocycles. The summed E-state index contributed by atoms with van der Waals surface area (Å²) in [4.78, 5) is 2.37. The van der Waals surface area contributed by atoms with Crippen LogP contribution in [0.2, 0.25) is 0 Å². The number of hydrogen-bond donors (Lipinski definition) is 1. The van der Waals surface area contributed by atoms with Gasteiger partial charge in [-0.2, -0.15) is 0 Å². The van der Waals surface area contributed by atoms with Crippen molar-refractivity contribution in [3.05, 3.63) is 0 Å². The van der Waals surface area contributed by atoms with Crippen LogP contribution in [-0.2, 0) is 0 Å². The highest BCUT2D eigenvalue weighted by atomic mass is 16.3. The first kappa shape index (κ1) is 7.56. The lowest BCUT2D eigenvalue weighted by atomic mass is 9.91. The van der Waals surface area contributed by atoms with E-state index in [1.165, 1.54) is 32.2 Å². The van der Waals surface area contributed by atoms with Gasteiger partial charge in [0.1, 0.15) is 0 Å². The molecule has 2 rings (SSSR count). The average Bonchev–Trinajstić information content (AvgIpc) is 2.78. The lowest BCUT2D eigenvalue weighted by Gasteiger charge is -2.34. The van der Waals surface area contributed by atoms with Crippen molar-refractivity contribution in [2.45, 2.75) is 31.2 Å². The quantitative estimate of drug-likeness (QED) is 0.639. The molecule has 0 radical (unpaired) electrons. The maximum Gasteiger partial charge on any atom is 0.0618 e. The highest BCUT2D eigenvalue weighted by molar-refractivity contribution is 5.04. The molecule has 1 saturated heterocycles. The molecule has 2 heteroatoms. The molecule has 1 N–H and O–H groups in total. The second-order valence-electron chi connectivity index (χ2n) is 4.06. The Bertz CT molecular complexity index is 156. The van der Waals surface area contributed by atoms with E-state index in [1.807, 2.05) is 0 Å². The number of nitrogens with zero attached hydrogens (tertiary/aromatic N) is 1. The normalized spacial score (nSPS) is 39.8. The van der Waals surface area contributed by atoms with Crippen LogP contribution < -0.4 is 0 Å². The number of hydrogen-bond acceptors (Lipinski definition) is 2. The Labute approximate surface area is 68.2 Å². The zero-order valence-corrected chi connectivity index (χ0v) is 7.21.